The van der Waals surface area contributed by atoms with Gasteiger partial charge in [-0.1, -0.05) is 75.0 Å². The van der Waals surface area contributed by atoms with E-state index in [1.807, 2.05) is 48.5 Å². The van der Waals surface area contributed by atoms with Gasteiger partial charge in [-0.25, -0.2) is 0 Å². The molecule has 3 aromatic rings. The van der Waals surface area contributed by atoms with Crippen molar-refractivity contribution in [1.82, 2.24) is 0 Å². The first kappa shape index (κ1) is 25.0. The largest absolute Gasteiger partial charge is 0.491 e. The number of benzene rings is 3. The van der Waals surface area contributed by atoms with Gasteiger partial charge in [0, 0.05) is 5.41 Å². The van der Waals surface area contributed by atoms with Crippen LogP contribution in [0.4, 0.5) is 0 Å². The van der Waals surface area contributed by atoms with Crippen molar-refractivity contribution in [3.8, 4) is 11.5 Å². The fraction of sp³-hybridized carbons (Fsp3) is 0.333. The second kappa shape index (κ2) is 11.5. The minimum atomic E-state index is -0.703. The summed E-state index contributed by atoms with van der Waals surface area (Å²) in [6.07, 6.45) is 1.35. The molecule has 0 radical (unpaired) electrons. The summed E-state index contributed by atoms with van der Waals surface area (Å²) in [6.45, 7) is 10.4. The van der Waals surface area contributed by atoms with E-state index in [2.05, 4.69) is 44.7 Å². The minimum absolute atomic E-state index is 0.172. The zero-order chi connectivity index (χ0) is 24.7. The smallest absolute Gasteiger partial charge is 0.119 e. The van der Waals surface area contributed by atoms with Crippen LogP contribution in [-0.2, 0) is 21.5 Å². The molecule has 1 fully saturated rings. The average Bonchev–Trinajstić information content (AvgIpc) is 3.72. The lowest BCUT2D eigenvalue weighted by Gasteiger charge is -2.26. The number of hydrogen-bond acceptors (Lipinski definition) is 5. The molecule has 0 spiro atoms. The summed E-state index contributed by atoms with van der Waals surface area (Å²) in [5.74, 6) is 1.58. The average molecular weight is 475 g/mol. The molecule has 0 aliphatic carbocycles. The van der Waals surface area contributed by atoms with E-state index in [0.29, 0.717) is 13.2 Å². The molecule has 0 aromatic heterocycles. The third-order valence-electron chi connectivity index (χ3n) is 6.23. The van der Waals surface area contributed by atoms with E-state index < -0.39 is 6.10 Å². The van der Waals surface area contributed by atoms with Crippen LogP contribution in [0.5, 0.6) is 11.5 Å². The SMILES string of the molecule is C=Cc1ccc(COCC(O)COc2ccc(C(C)(C)c3ccc(OCC4CO4)cc3)cc2)cc1. The van der Waals surface area contributed by atoms with E-state index in [-0.39, 0.29) is 24.7 Å². The van der Waals surface area contributed by atoms with Crippen LogP contribution in [0.3, 0.4) is 0 Å². The van der Waals surface area contributed by atoms with Crippen molar-refractivity contribution in [2.45, 2.75) is 38.1 Å². The molecule has 0 bridgehead atoms. The summed E-state index contributed by atoms with van der Waals surface area (Å²) in [7, 11) is 0. The Morgan fingerprint density at radius 2 is 1.49 bits per heavy atom. The van der Waals surface area contributed by atoms with Gasteiger partial charge in [-0.05, 0) is 46.5 Å². The number of aliphatic hydroxyl groups excluding tert-OH is 1. The first-order valence-corrected chi connectivity index (χ1v) is 12.0. The fourth-order valence-corrected chi connectivity index (χ4v) is 3.76. The standard InChI is InChI=1S/C30H34O5/c1-4-22-5-7-23(8-6-22)17-32-18-26(31)19-33-27-13-9-24(10-14-27)30(2,3)25-11-15-28(16-12-25)34-20-29-21-35-29/h4-16,26,29,31H,1,17-21H2,2-3H3. The van der Waals surface area contributed by atoms with Crippen LogP contribution in [0, 0.1) is 0 Å². The van der Waals surface area contributed by atoms with Gasteiger partial charge < -0.3 is 24.1 Å². The highest BCUT2D eigenvalue weighted by atomic mass is 16.6. The Morgan fingerprint density at radius 3 is 2.03 bits per heavy atom. The van der Waals surface area contributed by atoms with Gasteiger partial charge in [0.05, 0.1) is 19.8 Å². The summed E-state index contributed by atoms with van der Waals surface area (Å²) in [4.78, 5) is 0. The second-order valence-corrected chi connectivity index (χ2v) is 9.37. The number of hydrogen-bond donors (Lipinski definition) is 1. The zero-order valence-electron chi connectivity index (χ0n) is 20.5. The lowest BCUT2D eigenvalue weighted by Crippen LogP contribution is -2.23. The summed E-state index contributed by atoms with van der Waals surface area (Å²) in [6, 6.07) is 24.2. The van der Waals surface area contributed by atoms with Crippen LogP contribution in [-0.4, -0.2) is 43.7 Å². The van der Waals surface area contributed by atoms with Gasteiger partial charge in [0.25, 0.3) is 0 Å². The van der Waals surface area contributed by atoms with Crippen LogP contribution in [0.2, 0.25) is 0 Å². The molecule has 2 atom stereocenters. The van der Waals surface area contributed by atoms with Crippen LogP contribution >= 0.6 is 0 Å². The Kier molecular flexibility index (Phi) is 8.24. The van der Waals surface area contributed by atoms with Crippen LogP contribution < -0.4 is 9.47 Å². The molecular formula is C30H34O5. The molecule has 1 saturated heterocycles. The number of epoxide rings is 1. The summed E-state index contributed by atoms with van der Waals surface area (Å²) < 4.78 is 22.3. The Labute approximate surface area is 207 Å². The fourth-order valence-electron chi connectivity index (χ4n) is 3.76. The minimum Gasteiger partial charge on any atom is -0.491 e. The van der Waals surface area contributed by atoms with Crippen LogP contribution in [0.15, 0.2) is 79.4 Å². The normalized spacial score (nSPS) is 15.9. The first-order chi connectivity index (χ1) is 16.9. The van der Waals surface area contributed by atoms with Crippen LogP contribution in [0.1, 0.15) is 36.1 Å². The van der Waals surface area contributed by atoms with Crippen LogP contribution in [0.25, 0.3) is 6.08 Å². The molecule has 184 valence electrons. The summed E-state index contributed by atoms with van der Waals surface area (Å²) >= 11 is 0. The Bertz CT molecular complexity index is 1070. The third kappa shape index (κ3) is 7.18. The lowest BCUT2D eigenvalue weighted by molar-refractivity contribution is 0.00548. The van der Waals surface area contributed by atoms with E-state index in [0.717, 1.165) is 29.2 Å². The summed E-state index contributed by atoms with van der Waals surface area (Å²) in [5, 5.41) is 10.2. The van der Waals surface area contributed by atoms with Crippen molar-refractivity contribution in [2.75, 3.05) is 26.4 Å². The predicted molar refractivity (Wildman–Crippen MR) is 138 cm³/mol. The van der Waals surface area contributed by atoms with E-state index in [9.17, 15) is 5.11 Å². The van der Waals surface area contributed by atoms with Crippen molar-refractivity contribution in [3.63, 3.8) is 0 Å². The van der Waals surface area contributed by atoms with E-state index in [1.54, 1.807) is 6.08 Å². The topological polar surface area (TPSA) is 60.5 Å². The van der Waals surface area contributed by atoms with E-state index in [1.165, 1.54) is 11.1 Å². The third-order valence-corrected chi connectivity index (χ3v) is 6.23. The number of aliphatic hydroxyl groups is 1. The molecule has 0 amide bonds. The summed E-state index contributed by atoms with van der Waals surface area (Å²) in [5.41, 5.74) is 4.33. The monoisotopic (exact) mass is 474 g/mol. The molecule has 2 unspecified atom stereocenters. The van der Waals surface area contributed by atoms with E-state index in [4.69, 9.17) is 18.9 Å². The molecule has 4 rings (SSSR count). The van der Waals surface area contributed by atoms with Crippen molar-refractivity contribution >= 4 is 6.08 Å². The van der Waals surface area contributed by atoms with Gasteiger partial charge in [0.1, 0.15) is 36.9 Å². The zero-order valence-corrected chi connectivity index (χ0v) is 20.5. The highest BCUT2D eigenvalue weighted by Crippen LogP contribution is 2.33. The maximum absolute atomic E-state index is 10.2. The molecule has 35 heavy (non-hydrogen) atoms. The van der Waals surface area contributed by atoms with Gasteiger partial charge in [-0.2, -0.15) is 0 Å². The molecule has 1 heterocycles. The highest BCUT2D eigenvalue weighted by molar-refractivity contribution is 5.47. The van der Waals surface area contributed by atoms with Gasteiger partial charge >= 0.3 is 0 Å². The molecule has 3 aromatic carbocycles. The molecule has 1 aliphatic heterocycles. The van der Waals surface area contributed by atoms with Gasteiger partial charge in [-0.3, -0.25) is 0 Å². The lowest BCUT2D eigenvalue weighted by atomic mass is 9.78. The predicted octanol–water partition coefficient (Wildman–Crippen LogP) is 5.39. The number of ether oxygens (including phenoxy) is 4. The Balaban J connectivity index is 1.23. The molecule has 1 aliphatic rings. The van der Waals surface area contributed by atoms with Gasteiger partial charge in [-0.15, -0.1) is 0 Å². The highest BCUT2D eigenvalue weighted by Gasteiger charge is 2.25. The maximum Gasteiger partial charge on any atom is 0.119 e. The maximum atomic E-state index is 10.2. The first-order valence-electron chi connectivity index (χ1n) is 12.0. The van der Waals surface area contributed by atoms with Crippen molar-refractivity contribution in [3.05, 3.63) is 102 Å². The Morgan fingerprint density at radius 1 is 0.914 bits per heavy atom. The van der Waals surface area contributed by atoms with Gasteiger partial charge in [0.2, 0.25) is 0 Å². The van der Waals surface area contributed by atoms with Gasteiger partial charge in [0.15, 0.2) is 0 Å². The Hall–Kier alpha value is -3.12. The van der Waals surface area contributed by atoms with Crippen molar-refractivity contribution in [1.29, 1.82) is 0 Å². The second-order valence-electron chi connectivity index (χ2n) is 9.37. The number of rotatable bonds is 13. The molecule has 1 N–H and O–H groups in total. The molecule has 5 nitrogen and oxygen atoms in total. The molecule has 5 heteroatoms. The van der Waals surface area contributed by atoms with Crippen molar-refractivity contribution < 1.29 is 24.1 Å². The molecular weight excluding hydrogens is 440 g/mol. The van der Waals surface area contributed by atoms with Crippen molar-refractivity contribution in [2.24, 2.45) is 0 Å². The quantitative estimate of drug-likeness (QED) is 0.337. The molecule has 0 saturated carbocycles. The van der Waals surface area contributed by atoms with E-state index >= 15 is 0 Å².